The summed E-state index contributed by atoms with van der Waals surface area (Å²) in [5.41, 5.74) is 7.92. The molecule has 1 aliphatic heterocycles. The van der Waals surface area contributed by atoms with Crippen molar-refractivity contribution in [1.82, 2.24) is 0 Å². The maximum Gasteiger partial charge on any atom is 0.244 e. The van der Waals surface area contributed by atoms with E-state index < -0.39 is 5.54 Å². The van der Waals surface area contributed by atoms with Gasteiger partial charge in [0.2, 0.25) is 11.8 Å². The number of fused-ring (bicyclic) bond motifs is 1. The maximum atomic E-state index is 12.3. The second-order valence-electron chi connectivity index (χ2n) is 5.77. The fraction of sp³-hybridized carbons (Fsp3) is 0.467. The number of hydrogen-bond donors (Lipinski definition) is 3. The lowest BCUT2D eigenvalue weighted by Crippen LogP contribution is -2.52. The minimum absolute atomic E-state index is 0. The molecule has 1 aliphatic carbocycles. The number of amides is 2. The van der Waals surface area contributed by atoms with E-state index in [1.807, 2.05) is 12.1 Å². The Kier molecular flexibility index (Phi) is 4.54. The van der Waals surface area contributed by atoms with Gasteiger partial charge in [-0.25, -0.2) is 0 Å². The first kappa shape index (κ1) is 15.8. The number of hydrogen-bond acceptors (Lipinski definition) is 3. The first-order chi connectivity index (χ1) is 9.57. The Labute approximate surface area is 130 Å². The van der Waals surface area contributed by atoms with Crippen molar-refractivity contribution >= 4 is 35.6 Å². The molecule has 1 fully saturated rings. The van der Waals surface area contributed by atoms with Crippen LogP contribution in [-0.2, 0) is 16.0 Å². The molecule has 5 nitrogen and oxygen atoms in total. The van der Waals surface area contributed by atoms with E-state index in [-0.39, 0.29) is 24.2 Å². The fourth-order valence-corrected chi connectivity index (χ4v) is 2.97. The lowest BCUT2D eigenvalue weighted by Gasteiger charge is -2.31. The maximum absolute atomic E-state index is 12.3. The van der Waals surface area contributed by atoms with Crippen LogP contribution in [0.5, 0.6) is 0 Å². The van der Waals surface area contributed by atoms with Crippen molar-refractivity contribution in [1.29, 1.82) is 0 Å². The molecule has 4 N–H and O–H groups in total. The Balaban J connectivity index is 0.00000161. The third-order valence-electron chi connectivity index (χ3n) is 4.19. The summed E-state index contributed by atoms with van der Waals surface area (Å²) in [7, 11) is 0. The normalized spacial score (nSPS) is 19.2. The van der Waals surface area contributed by atoms with E-state index in [1.165, 1.54) is 0 Å². The Morgan fingerprint density at radius 2 is 1.95 bits per heavy atom. The highest BCUT2D eigenvalue weighted by molar-refractivity contribution is 6.01. The first-order valence-electron chi connectivity index (χ1n) is 7.10. The van der Waals surface area contributed by atoms with Gasteiger partial charge < -0.3 is 16.4 Å². The monoisotopic (exact) mass is 309 g/mol. The van der Waals surface area contributed by atoms with E-state index >= 15 is 0 Å². The second-order valence-corrected chi connectivity index (χ2v) is 5.77. The van der Waals surface area contributed by atoms with Crippen LogP contribution in [0.4, 0.5) is 11.4 Å². The first-order valence-corrected chi connectivity index (χ1v) is 7.10. The molecule has 1 aromatic rings. The summed E-state index contributed by atoms with van der Waals surface area (Å²) >= 11 is 0. The highest BCUT2D eigenvalue weighted by Crippen LogP contribution is 2.29. The summed E-state index contributed by atoms with van der Waals surface area (Å²) < 4.78 is 0. The molecule has 0 atom stereocenters. The minimum Gasteiger partial charge on any atom is -0.326 e. The van der Waals surface area contributed by atoms with E-state index in [0.717, 1.165) is 43.4 Å². The molecule has 21 heavy (non-hydrogen) atoms. The Morgan fingerprint density at radius 1 is 1.24 bits per heavy atom. The molecular weight excluding hydrogens is 290 g/mol. The zero-order chi connectivity index (χ0) is 14.2. The molecule has 0 spiro atoms. The van der Waals surface area contributed by atoms with Crippen LogP contribution in [0.3, 0.4) is 0 Å². The standard InChI is InChI=1S/C15H19N3O2.ClH/c16-15(6-2-1-3-7-15)14(20)17-11-4-5-12-10(8-11)9-13(19)18-12;/h4-5,8H,1-3,6-7,9,16H2,(H,17,20)(H,18,19);1H. The van der Waals surface area contributed by atoms with E-state index in [9.17, 15) is 9.59 Å². The van der Waals surface area contributed by atoms with Crippen molar-refractivity contribution in [3.05, 3.63) is 23.8 Å². The zero-order valence-electron chi connectivity index (χ0n) is 11.8. The third-order valence-corrected chi connectivity index (χ3v) is 4.19. The average molecular weight is 310 g/mol. The topological polar surface area (TPSA) is 84.2 Å². The zero-order valence-corrected chi connectivity index (χ0v) is 12.6. The molecule has 1 aromatic carbocycles. The number of rotatable bonds is 2. The van der Waals surface area contributed by atoms with Gasteiger partial charge in [0.25, 0.3) is 0 Å². The van der Waals surface area contributed by atoms with Crippen molar-refractivity contribution in [2.75, 3.05) is 10.6 Å². The van der Waals surface area contributed by atoms with Gasteiger partial charge in [0, 0.05) is 11.4 Å². The molecule has 1 saturated carbocycles. The number of nitrogens with one attached hydrogen (secondary N) is 2. The summed E-state index contributed by atoms with van der Waals surface area (Å²) in [5.74, 6) is -0.125. The molecular formula is C15H20ClN3O2. The number of anilines is 2. The summed E-state index contributed by atoms with van der Waals surface area (Å²) in [5, 5.41) is 5.67. The van der Waals surface area contributed by atoms with E-state index in [0.29, 0.717) is 12.1 Å². The average Bonchev–Trinajstić information content (AvgIpc) is 2.79. The van der Waals surface area contributed by atoms with Gasteiger partial charge in [-0.2, -0.15) is 0 Å². The van der Waals surface area contributed by atoms with Gasteiger partial charge in [0.15, 0.2) is 0 Å². The van der Waals surface area contributed by atoms with Gasteiger partial charge in [-0.3, -0.25) is 9.59 Å². The smallest absolute Gasteiger partial charge is 0.244 e. The van der Waals surface area contributed by atoms with Gasteiger partial charge in [0.05, 0.1) is 12.0 Å². The quantitative estimate of drug-likeness (QED) is 0.783. The van der Waals surface area contributed by atoms with Crippen LogP contribution in [0, 0.1) is 0 Å². The SMILES string of the molecule is Cl.NC1(C(=O)Nc2ccc3c(c2)CC(=O)N3)CCCCC1. The predicted octanol–water partition coefficient (Wildman–Crippen LogP) is 2.20. The lowest BCUT2D eigenvalue weighted by atomic mass is 9.82. The van der Waals surface area contributed by atoms with Crippen LogP contribution in [0.25, 0.3) is 0 Å². The molecule has 3 rings (SSSR count). The molecule has 0 aromatic heterocycles. The highest BCUT2D eigenvalue weighted by atomic mass is 35.5. The molecule has 1 heterocycles. The number of benzene rings is 1. The van der Waals surface area contributed by atoms with E-state index in [4.69, 9.17) is 5.73 Å². The third kappa shape index (κ3) is 3.19. The van der Waals surface area contributed by atoms with Crippen LogP contribution in [0.15, 0.2) is 18.2 Å². The molecule has 0 bridgehead atoms. The highest BCUT2D eigenvalue weighted by Gasteiger charge is 2.35. The Bertz CT molecular complexity index is 568. The van der Waals surface area contributed by atoms with E-state index in [1.54, 1.807) is 6.07 Å². The largest absolute Gasteiger partial charge is 0.326 e. The van der Waals surface area contributed by atoms with Crippen LogP contribution in [0.1, 0.15) is 37.7 Å². The molecule has 6 heteroatoms. The second kappa shape index (κ2) is 6.03. The molecule has 0 unspecified atom stereocenters. The van der Waals surface area contributed by atoms with Crippen molar-refractivity contribution in [3.8, 4) is 0 Å². The molecule has 2 amide bonds. The minimum atomic E-state index is -0.745. The van der Waals surface area contributed by atoms with Crippen molar-refractivity contribution in [3.63, 3.8) is 0 Å². The molecule has 114 valence electrons. The van der Waals surface area contributed by atoms with Gasteiger partial charge in [-0.15, -0.1) is 12.4 Å². The van der Waals surface area contributed by atoms with Crippen molar-refractivity contribution < 1.29 is 9.59 Å². The number of halogens is 1. The van der Waals surface area contributed by atoms with Crippen molar-refractivity contribution in [2.24, 2.45) is 5.73 Å². The van der Waals surface area contributed by atoms with Crippen LogP contribution >= 0.6 is 12.4 Å². The van der Waals surface area contributed by atoms with Gasteiger partial charge in [0.1, 0.15) is 0 Å². The van der Waals surface area contributed by atoms with E-state index in [2.05, 4.69) is 10.6 Å². The molecule has 0 radical (unpaired) electrons. The van der Waals surface area contributed by atoms with Gasteiger partial charge in [-0.05, 0) is 36.6 Å². The molecule has 0 saturated heterocycles. The Hall–Kier alpha value is -1.59. The number of carbonyl (C=O) groups is 2. The fourth-order valence-electron chi connectivity index (χ4n) is 2.97. The van der Waals surface area contributed by atoms with Crippen LogP contribution in [-0.4, -0.2) is 17.4 Å². The van der Waals surface area contributed by atoms with Gasteiger partial charge >= 0.3 is 0 Å². The summed E-state index contributed by atoms with van der Waals surface area (Å²) in [6.07, 6.45) is 5.01. The summed E-state index contributed by atoms with van der Waals surface area (Å²) in [6, 6.07) is 5.46. The summed E-state index contributed by atoms with van der Waals surface area (Å²) in [6.45, 7) is 0. The van der Waals surface area contributed by atoms with Gasteiger partial charge in [-0.1, -0.05) is 19.3 Å². The lowest BCUT2D eigenvalue weighted by molar-refractivity contribution is -0.122. The van der Waals surface area contributed by atoms with Crippen LogP contribution in [0.2, 0.25) is 0 Å². The number of nitrogens with two attached hydrogens (primary N) is 1. The summed E-state index contributed by atoms with van der Waals surface area (Å²) in [4.78, 5) is 23.6. The van der Waals surface area contributed by atoms with Crippen molar-refractivity contribution in [2.45, 2.75) is 44.1 Å². The van der Waals surface area contributed by atoms with Crippen LogP contribution < -0.4 is 16.4 Å². The Morgan fingerprint density at radius 3 is 2.67 bits per heavy atom. The number of carbonyl (C=O) groups excluding carboxylic acids is 2. The molecule has 2 aliphatic rings. The predicted molar refractivity (Wildman–Crippen MR) is 84.7 cm³/mol.